The topological polar surface area (TPSA) is 63.7 Å². The zero-order valence-electron chi connectivity index (χ0n) is 14.0. The quantitative estimate of drug-likeness (QED) is 0.856. The summed E-state index contributed by atoms with van der Waals surface area (Å²) in [6.45, 7) is 3.99. The van der Waals surface area contributed by atoms with Crippen LogP contribution in [0.1, 0.15) is 23.2 Å². The Morgan fingerprint density at radius 1 is 1.20 bits per heavy atom. The summed E-state index contributed by atoms with van der Waals surface area (Å²) in [5.74, 6) is -0.501. The second-order valence-corrected chi connectivity index (χ2v) is 6.89. The minimum Gasteiger partial charge on any atom is -0.397 e. The summed E-state index contributed by atoms with van der Waals surface area (Å²) in [5.41, 5.74) is 7.70. The Kier molecular flexibility index (Phi) is 4.13. The standard InChI is InChI=1S/C19H21FN4O/c20-17-11-13(1-2-15(17)16-3-6-22-12-18(16)21)19(25)24-10-9-23-7-4-14(24)5-8-23/h1-3,6,11-12,14H,4-5,7-10,21H2/p+1. The first-order valence-corrected chi connectivity index (χ1v) is 8.77. The molecule has 2 aromatic rings. The van der Waals surface area contributed by atoms with Gasteiger partial charge >= 0.3 is 0 Å². The van der Waals surface area contributed by atoms with Crippen molar-refractivity contribution in [1.82, 2.24) is 9.88 Å². The Hall–Kier alpha value is -2.47. The van der Waals surface area contributed by atoms with Crippen LogP contribution in [0.3, 0.4) is 0 Å². The van der Waals surface area contributed by atoms with E-state index in [1.54, 1.807) is 29.3 Å². The molecule has 1 amide bonds. The fourth-order valence-electron chi connectivity index (χ4n) is 3.99. The maximum Gasteiger partial charge on any atom is 0.254 e. The monoisotopic (exact) mass is 341 g/mol. The zero-order valence-corrected chi connectivity index (χ0v) is 14.0. The van der Waals surface area contributed by atoms with E-state index in [0.717, 1.165) is 39.0 Å². The molecule has 3 saturated heterocycles. The third-order valence-electron chi connectivity index (χ3n) is 5.43. The Bertz CT molecular complexity index is 802. The van der Waals surface area contributed by atoms with Gasteiger partial charge in [0, 0.05) is 41.8 Å². The van der Waals surface area contributed by atoms with Crippen molar-refractivity contribution in [1.29, 1.82) is 0 Å². The predicted molar refractivity (Wildman–Crippen MR) is 93.7 cm³/mol. The largest absolute Gasteiger partial charge is 0.397 e. The van der Waals surface area contributed by atoms with Crippen molar-refractivity contribution in [2.24, 2.45) is 0 Å². The summed E-state index contributed by atoms with van der Waals surface area (Å²) < 4.78 is 14.7. The van der Waals surface area contributed by atoms with Gasteiger partial charge < -0.3 is 15.5 Å². The maximum absolute atomic E-state index is 14.7. The van der Waals surface area contributed by atoms with Gasteiger partial charge in [0.1, 0.15) is 5.82 Å². The van der Waals surface area contributed by atoms with Crippen LogP contribution in [0.25, 0.3) is 11.1 Å². The minimum atomic E-state index is -0.433. The number of benzene rings is 1. The number of piperidine rings is 1. The van der Waals surface area contributed by atoms with Crippen LogP contribution >= 0.6 is 0 Å². The number of pyridine rings is 1. The Balaban J connectivity index is 1.62. The summed E-state index contributed by atoms with van der Waals surface area (Å²) in [4.78, 5) is 20.4. The number of amides is 1. The molecule has 0 spiro atoms. The van der Waals surface area contributed by atoms with Crippen molar-refractivity contribution < 1.29 is 14.1 Å². The number of fused-ring (bicyclic) bond motifs is 4. The van der Waals surface area contributed by atoms with Gasteiger partial charge in [-0.05, 0) is 18.2 Å². The number of quaternary nitrogens is 1. The van der Waals surface area contributed by atoms with E-state index >= 15 is 0 Å². The van der Waals surface area contributed by atoms with Crippen molar-refractivity contribution >= 4 is 11.6 Å². The molecule has 3 N–H and O–H groups in total. The van der Waals surface area contributed by atoms with Crippen molar-refractivity contribution in [3.8, 4) is 11.1 Å². The summed E-state index contributed by atoms with van der Waals surface area (Å²) in [6.07, 6.45) is 5.15. The molecule has 130 valence electrons. The number of carbonyl (C=O) groups excluding carboxylic acids is 1. The Morgan fingerprint density at radius 3 is 2.72 bits per heavy atom. The van der Waals surface area contributed by atoms with Gasteiger partial charge in [0.2, 0.25) is 0 Å². The molecule has 0 radical (unpaired) electrons. The molecule has 1 aromatic carbocycles. The fourth-order valence-corrected chi connectivity index (χ4v) is 3.99. The highest BCUT2D eigenvalue weighted by molar-refractivity contribution is 5.95. The van der Waals surface area contributed by atoms with Crippen LogP contribution in [0.4, 0.5) is 10.1 Å². The second kappa shape index (κ2) is 6.44. The van der Waals surface area contributed by atoms with Crippen LogP contribution in [0.15, 0.2) is 36.7 Å². The number of aromatic nitrogens is 1. The SMILES string of the molecule is Nc1cnccc1-c1ccc(C(=O)N2CC[NH+]3CCC2CC3)cc1F. The molecule has 0 atom stereocenters. The lowest BCUT2D eigenvalue weighted by molar-refractivity contribution is -0.901. The summed E-state index contributed by atoms with van der Waals surface area (Å²) in [5, 5.41) is 0. The van der Waals surface area contributed by atoms with Crippen LogP contribution in [-0.2, 0) is 0 Å². The molecule has 1 aromatic heterocycles. The molecular formula is C19H22FN4O+. The van der Waals surface area contributed by atoms with Gasteiger partial charge in [0.05, 0.1) is 38.1 Å². The number of nitrogens with two attached hydrogens (primary N) is 1. The van der Waals surface area contributed by atoms with Gasteiger partial charge in [-0.25, -0.2) is 4.39 Å². The number of carbonyl (C=O) groups is 1. The molecule has 4 heterocycles. The highest BCUT2D eigenvalue weighted by atomic mass is 19.1. The molecule has 2 bridgehead atoms. The Morgan fingerprint density at radius 2 is 2.00 bits per heavy atom. The maximum atomic E-state index is 14.7. The van der Waals surface area contributed by atoms with Gasteiger partial charge in [0.15, 0.2) is 0 Å². The van der Waals surface area contributed by atoms with Crippen LogP contribution in [-0.4, -0.2) is 48.0 Å². The summed E-state index contributed by atoms with van der Waals surface area (Å²) in [7, 11) is 0. The fraction of sp³-hybridized carbons (Fsp3) is 0.368. The lowest BCUT2D eigenvalue weighted by atomic mass is 10.0. The first kappa shape index (κ1) is 16.0. The third-order valence-corrected chi connectivity index (χ3v) is 5.43. The number of anilines is 1. The van der Waals surface area contributed by atoms with Crippen molar-refractivity contribution in [2.75, 3.05) is 31.9 Å². The molecule has 25 heavy (non-hydrogen) atoms. The van der Waals surface area contributed by atoms with E-state index in [0.29, 0.717) is 22.4 Å². The normalized spacial score (nSPS) is 22.7. The third kappa shape index (κ3) is 2.98. The van der Waals surface area contributed by atoms with Gasteiger partial charge in [-0.3, -0.25) is 9.78 Å². The first-order chi connectivity index (χ1) is 12.1. The number of nitrogens with zero attached hydrogens (tertiary/aromatic N) is 2. The lowest BCUT2D eigenvalue weighted by Gasteiger charge is -2.29. The van der Waals surface area contributed by atoms with Crippen LogP contribution in [0, 0.1) is 5.82 Å². The highest BCUT2D eigenvalue weighted by Crippen LogP contribution is 2.28. The van der Waals surface area contributed by atoms with Crippen LogP contribution < -0.4 is 10.6 Å². The molecular weight excluding hydrogens is 319 g/mol. The van der Waals surface area contributed by atoms with Gasteiger partial charge in [-0.15, -0.1) is 0 Å². The first-order valence-electron chi connectivity index (χ1n) is 8.77. The van der Waals surface area contributed by atoms with E-state index in [2.05, 4.69) is 4.98 Å². The van der Waals surface area contributed by atoms with Crippen LogP contribution in [0.2, 0.25) is 0 Å². The second-order valence-electron chi connectivity index (χ2n) is 6.89. The molecule has 6 heteroatoms. The molecule has 3 aliphatic rings. The van der Waals surface area contributed by atoms with E-state index in [1.807, 2.05) is 4.90 Å². The molecule has 0 aliphatic carbocycles. The van der Waals surface area contributed by atoms with E-state index in [4.69, 9.17) is 5.73 Å². The Labute approximate surface area is 146 Å². The average molecular weight is 341 g/mol. The highest BCUT2D eigenvalue weighted by Gasteiger charge is 2.34. The number of nitrogens with one attached hydrogen (secondary N) is 1. The predicted octanol–water partition coefficient (Wildman–Crippen LogP) is 0.973. The molecule has 5 rings (SSSR count). The smallest absolute Gasteiger partial charge is 0.254 e. The van der Waals surface area contributed by atoms with Gasteiger partial charge in [0.25, 0.3) is 5.91 Å². The van der Waals surface area contributed by atoms with Crippen LogP contribution in [0.5, 0.6) is 0 Å². The van der Waals surface area contributed by atoms with E-state index < -0.39 is 5.82 Å². The molecule has 3 aliphatic heterocycles. The molecule has 0 unspecified atom stereocenters. The number of nitrogen functional groups attached to an aromatic ring is 1. The zero-order chi connectivity index (χ0) is 17.4. The number of rotatable bonds is 2. The van der Waals surface area contributed by atoms with E-state index in [9.17, 15) is 9.18 Å². The van der Waals surface area contributed by atoms with E-state index in [-0.39, 0.29) is 11.9 Å². The lowest BCUT2D eigenvalue weighted by Crippen LogP contribution is -3.13. The molecule has 3 fully saturated rings. The molecule has 0 saturated carbocycles. The number of halogens is 1. The average Bonchev–Trinajstić information content (AvgIpc) is 2.96. The number of hydrogen-bond donors (Lipinski definition) is 2. The van der Waals surface area contributed by atoms with Crippen molar-refractivity contribution in [2.45, 2.75) is 18.9 Å². The minimum absolute atomic E-state index is 0.0682. The molecule has 5 nitrogen and oxygen atoms in total. The van der Waals surface area contributed by atoms with E-state index in [1.165, 1.54) is 12.3 Å². The van der Waals surface area contributed by atoms with Crippen molar-refractivity contribution in [3.63, 3.8) is 0 Å². The summed E-state index contributed by atoms with van der Waals surface area (Å²) in [6, 6.07) is 6.64. The van der Waals surface area contributed by atoms with Gasteiger partial charge in [-0.2, -0.15) is 0 Å². The van der Waals surface area contributed by atoms with Gasteiger partial charge in [-0.1, -0.05) is 6.07 Å². The summed E-state index contributed by atoms with van der Waals surface area (Å²) >= 11 is 0. The van der Waals surface area contributed by atoms with Crippen molar-refractivity contribution in [3.05, 3.63) is 48.0 Å². The number of hydrogen-bond acceptors (Lipinski definition) is 3.